The Bertz CT molecular complexity index is 267. The average Bonchev–Trinajstić information content (AvgIpc) is 2.43. The van der Waals surface area contributed by atoms with E-state index in [2.05, 4.69) is 39.3 Å². The van der Waals surface area contributed by atoms with Gasteiger partial charge in [0, 0.05) is 24.7 Å². The van der Waals surface area contributed by atoms with E-state index in [-0.39, 0.29) is 5.92 Å². The summed E-state index contributed by atoms with van der Waals surface area (Å²) in [6, 6.07) is 0.555. The first-order valence-electron chi connectivity index (χ1n) is 8.43. The predicted octanol–water partition coefficient (Wildman–Crippen LogP) is 5.96. The van der Waals surface area contributed by atoms with Gasteiger partial charge in [0.15, 0.2) is 0 Å². The molecule has 0 aromatic rings. The van der Waals surface area contributed by atoms with Crippen molar-refractivity contribution in [3.63, 3.8) is 0 Å². The largest absolute Gasteiger partial charge is 0.375 e. The van der Waals surface area contributed by atoms with Crippen LogP contribution >= 0.6 is 0 Å². The van der Waals surface area contributed by atoms with Gasteiger partial charge in [0.05, 0.1) is 0 Å². The molecule has 0 spiro atoms. The van der Waals surface area contributed by atoms with Crippen molar-refractivity contribution in [1.29, 1.82) is 0 Å². The molecule has 0 saturated heterocycles. The fraction of sp³-hybridized carbons (Fsp3) is 0.889. The molecule has 0 aromatic heterocycles. The highest BCUT2D eigenvalue weighted by atomic mass is 19.1. The number of hydrogen-bond acceptors (Lipinski definition) is 1. The maximum Gasteiger partial charge on any atom is 0.108 e. The van der Waals surface area contributed by atoms with Gasteiger partial charge in [-0.1, -0.05) is 47.1 Å². The fourth-order valence-corrected chi connectivity index (χ4v) is 2.88. The first-order chi connectivity index (χ1) is 9.32. The SMILES string of the molecule is C=C(C(CC)CC(C)(F)CC)N(C)C(CCC)CCC. The van der Waals surface area contributed by atoms with Crippen molar-refractivity contribution in [1.82, 2.24) is 4.90 Å². The van der Waals surface area contributed by atoms with Crippen molar-refractivity contribution in [2.45, 2.75) is 91.3 Å². The van der Waals surface area contributed by atoms with E-state index >= 15 is 0 Å². The highest BCUT2D eigenvalue weighted by molar-refractivity contribution is 5.03. The molecule has 2 heteroatoms. The number of alkyl halides is 1. The van der Waals surface area contributed by atoms with Gasteiger partial charge in [0.25, 0.3) is 0 Å². The van der Waals surface area contributed by atoms with Crippen LogP contribution in [0.3, 0.4) is 0 Å². The lowest BCUT2D eigenvalue weighted by Gasteiger charge is -2.36. The van der Waals surface area contributed by atoms with Gasteiger partial charge in [0.2, 0.25) is 0 Å². The molecule has 0 aliphatic rings. The summed E-state index contributed by atoms with van der Waals surface area (Å²) < 4.78 is 14.3. The van der Waals surface area contributed by atoms with E-state index in [1.54, 1.807) is 6.92 Å². The standard InChI is InChI=1S/C18H36FN/c1-8-12-17(13-9-2)20(7)15(5)16(10-3)14-18(6,19)11-4/h16-17H,5,8-14H2,1-4,6-7H3. The molecule has 2 unspecified atom stereocenters. The number of nitrogens with zero attached hydrogens (tertiary/aromatic N) is 1. The molecule has 0 aliphatic heterocycles. The van der Waals surface area contributed by atoms with Gasteiger partial charge < -0.3 is 4.90 Å². The molecule has 1 nitrogen and oxygen atoms in total. The molecular formula is C18H36FN. The molecule has 0 aromatic carbocycles. The lowest BCUT2D eigenvalue weighted by atomic mass is 9.87. The number of rotatable bonds is 11. The zero-order chi connectivity index (χ0) is 15.8. The van der Waals surface area contributed by atoms with Crippen LogP contribution in [0.15, 0.2) is 12.3 Å². The van der Waals surface area contributed by atoms with Gasteiger partial charge in [-0.2, -0.15) is 0 Å². The van der Waals surface area contributed by atoms with E-state index < -0.39 is 5.67 Å². The third-order valence-electron chi connectivity index (χ3n) is 4.62. The van der Waals surface area contributed by atoms with Crippen LogP contribution in [0.2, 0.25) is 0 Å². The predicted molar refractivity (Wildman–Crippen MR) is 88.7 cm³/mol. The van der Waals surface area contributed by atoms with Gasteiger partial charge in [-0.3, -0.25) is 0 Å². The normalized spacial score (nSPS) is 16.0. The van der Waals surface area contributed by atoms with Crippen molar-refractivity contribution in [2.24, 2.45) is 5.92 Å². The van der Waals surface area contributed by atoms with E-state index in [1.807, 2.05) is 6.92 Å². The Hall–Kier alpha value is -0.530. The van der Waals surface area contributed by atoms with Crippen molar-refractivity contribution >= 4 is 0 Å². The lowest BCUT2D eigenvalue weighted by molar-refractivity contribution is 0.131. The Labute approximate surface area is 126 Å². The number of allylic oxidation sites excluding steroid dienone is 1. The van der Waals surface area contributed by atoms with Crippen LogP contribution < -0.4 is 0 Å². The highest BCUT2D eigenvalue weighted by Crippen LogP contribution is 2.32. The molecule has 0 N–H and O–H groups in total. The van der Waals surface area contributed by atoms with Gasteiger partial charge in [-0.25, -0.2) is 4.39 Å². The van der Waals surface area contributed by atoms with Crippen LogP contribution in [0, 0.1) is 5.92 Å². The quantitative estimate of drug-likeness (QED) is 0.453. The third-order valence-corrected chi connectivity index (χ3v) is 4.62. The highest BCUT2D eigenvalue weighted by Gasteiger charge is 2.28. The molecule has 0 radical (unpaired) electrons. The van der Waals surface area contributed by atoms with Crippen LogP contribution in [-0.4, -0.2) is 23.7 Å². The molecule has 0 rings (SSSR count). The summed E-state index contributed by atoms with van der Waals surface area (Å²) in [6.45, 7) is 14.5. The van der Waals surface area contributed by atoms with Gasteiger partial charge in [0.1, 0.15) is 5.67 Å². The summed E-state index contributed by atoms with van der Waals surface area (Å²) in [5.41, 5.74) is 0.0480. The first kappa shape index (κ1) is 19.5. The zero-order valence-corrected chi connectivity index (χ0v) is 14.6. The van der Waals surface area contributed by atoms with Gasteiger partial charge >= 0.3 is 0 Å². The second-order valence-electron chi connectivity index (χ2n) is 6.41. The average molecular weight is 285 g/mol. The van der Waals surface area contributed by atoms with E-state index in [0.717, 1.165) is 12.1 Å². The molecule has 120 valence electrons. The van der Waals surface area contributed by atoms with E-state index in [1.165, 1.54) is 25.7 Å². The summed E-state index contributed by atoms with van der Waals surface area (Å²) in [5.74, 6) is 0.256. The summed E-state index contributed by atoms with van der Waals surface area (Å²) in [4.78, 5) is 2.33. The Morgan fingerprint density at radius 3 is 2.00 bits per heavy atom. The minimum atomic E-state index is -1.07. The smallest absolute Gasteiger partial charge is 0.108 e. The lowest BCUT2D eigenvalue weighted by Crippen LogP contribution is -2.35. The number of halogens is 1. The van der Waals surface area contributed by atoms with Crippen LogP contribution in [-0.2, 0) is 0 Å². The van der Waals surface area contributed by atoms with E-state index in [0.29, 0.717) is 18.9 Å². The monoisotopic (exact) mass is 285 g/mol. The molecule has 2 atom stereocenters. The summed E-state index contributed by atoms with van der Waals surface area (Å²) in [6.07, 6.45) is 6.90. The fourth-order valence-electron chi connectivity index (χ4n) is 2.88. The van der Waals surface area contributed by atoms with Crippen molar-refractivity contribution in [2.75, 3.05) is 7.05 Å². The Kier molecular flexibility index (Phi) is 9.16. The molecule has 0 aliphatic carbocycles. The summed E-state index contributed by atoms with van der Waals surface area (Å²) in [7, 11) is 2.14. The molecule has 0 saturated carbocycles. The molecular weight excluding hydrogens is 249 g/mol. The molecule has 0 fully saturated rings. The first-order valence-corrected chi connectivity index (χ1v) is 8.43. The molecule has 0 heterocycles. The van der Waals surface area contributed by atoms with Crippen LogP contribution in [0.5, 0.6) is 0 Å². The summed E-state index contributed by atoms with van der Waals surface area (Å²) >= 11 is 0. The topological polar surface area (TPSA) is 3.24 Å². The molecule has 20 heavy (non-hydrogen) atoms. The van der Waals surface area contributed by atoms with Gasteiger partial charge in [-0.15, -0.1) is 0 Å². The Morgan fingerprint density at radius 2 is 1.65 bits per heavy atom. The Balaban J connectivity index is 4.79. The second-order valence-corrected chi connectivity index (χ2v) is 6.41. The van der Waals surface area contributed by atoms with E-state index in [9.17, 15) is 4.39 Å². The molecule has 0 amide bonds. The zero-order valence-electron chi connectivity index (χ0n) is 14.6. The van der Waals surface area contributed by atoms with Crippen molar-refractivity contribution in [3.05, 3.63) is 12.3 Å². The third kappa shape index (κ3) is 6.28. The van der Waals surface area contributed by atoms with Crippen LogP contribution in [0.25, 0.3) is 0 Å². The van der Waals surface area contributed by atoms with Crippen LogP contribution in [0.1, 0.15) is 79.6 Å². The van der Waals surface area contributed by atoms with Crippen LogP contribution in [0.4, 0.5) is 4.39 Å². The maximum absolute atomic E-state index is 14.3. The van der Waals surface area contributed by atoms with Gasteiger partial charge in [-0.05, 0) is 39.0 Å². The van der Waals surface area contributed by atoms with Crippen molar-refractivity contribution in [3.8, 4) is 0 Å². The second kappa shape index (κ2) is 9.41. The Morgan fingerprint density at radius 1 is 1.15 bits per heavy atom. The molecule has 0 bridgehead atoms. The van der Waals surface area contributed by atoms with Crippen molar-refractivity contribution < 1.29 is 4.39 Å². The minimum absolute atomic E-state index is 0.256. The number of hydrogen-bond donors (Lipinski definition) is 0. The minimum Gasteiger partial charge on any atom is -0.375 e. The summed E-state index contributed by atoms with van der Waals surface area (Å²) in [5, 5.41) is 0. The van der Waals surface area contributed by atoms with E-state index in [4.69, 9.17) is 0 Å². The maximum atomic E-state index is 14.3.